The number of phenols is 1. The zero-order valence-corrected chi connectivity index (χ0v) is 22.8. The number of allylic oxidation sites excluding steroid dienone is 2. The summed E-state index contributed by atoms with van der Waals surface area (Å²) in [6.07, 6.45) is 2.85. The number of fused-ring (bicyclic) bond motifs is 1. The highest BCUT2D eigenvalue weighted by Crippen LogP contribution is 2.35. The Hall–Kier alpha value is -4.64. The van der Waals surface area contributed by atoms with E-state index in [4.69, 9.17) is 18.9 Å². The standard InChI is InChI=1S/C29H26N2O8S/c1-4-36-28(35)25-16(2)30-29-31(26(25)22-15-37-24(39-22)14-18-8-6-5-7-9-18)27(34)23(40-29)13-19-10-11-20(33)21(12-19)38-17(3)32/h5-13,15,24,26,33H,4,14H2,1-3H3. The van der Waals surface area contributed by atoms with Gasteiger partial charge >= 0.3 is 11.9 Å². The third-order valence-electron chi connectivity index (χ3n) is 6.17. The number of phenolic OH excluding ortho intramolecular Hbond substituents is 1. The van der Waals surface area contributed by atoms with Crippen LogP contribution in [0, 0.1) is 0 Å². The lowest BCUT2D eigenvalue weighted by molar-refractivity contribution is -0.139. The van der Waals surface area contributed by atoms with Crippen LogP contribution < -0.4 is 19.6 Å². The van der Waals surface area contributed by atoms with Gasteiger partial charge in [-0.15, -0.1) is 0 Å². The molecule has 0 amide bonds. The van der Waals surface area contributed by atoms with Gasteiger partial charge in [0.15, 0.2) is 22.1 Å². The number of carbonyl (C=O) groups is 2. The summed E-state index contributed by atoms with van der Waals surface area (Å²) in [6.45, 7) is 4.75. The Morgan fingerprint density at radius 1 is 1.20 bits per heavy atom. The number of hydrogen-bond acceptors (Lipinski definition) is 10. The van der Waals surface area contributed by atoms with E-state index < -0.39 is 29.8 Å². The van der Waals surface area contributed by atoms with Crippen molar-refractivity contribution in [3.8, 4) is 11.5 Å². The zero-order chi connectivity index (χ0) is 28.4. The highest BCUT2D eigenvalue weighted by molar-refractivity contribution is 7.07. The number of rotatable bonds is 7. The molecule has 11 heteroatoms. The third-order valence-corrected chi connectivity index (χ3v) is 7.15. The molecule has 2 unspecified atom stereocenters. The van der Waals surface area contributed by atoms with Crippen molar-refractivity contribution < 1.29 is 33.6 Å². The van der Waals surface area contributed by atoms with E-state index in [2.05, 4.69) is 4.99 Å². The van der Waals surface area contributed by atoms with Gasteiger partial charge in [0.2, 0.25) is 6.29 Å². The average molecular weight is 563 g/mol. The molecule has 3 heterocycles. The van der Waals surface area contributed by atoms with Crippen LogP contribution in [0.25, 0.3) is 6.08 Å². The molecule has 2 aliphatic rings. The molecule has 0 fully saturated rings. The molecule has 10 nitrogen and oxygen atoms in total. The number of aromatic nitrogens is 1. The quantitative estimate of drug-likeness (QED) is 0.344. The van der Waals surface area contributed by atoms with Crippen LogP contribution >= 0.6 is 11.3 Å². The van der Waals surface area contributed by atoms with Gasteiger partial charge in [0, 0.05) is 13.3 Å². The maximum Gasteiger partial charge on any atom is 0.338 e. The second-order valence-corrected chi connectivity index (χ2v) is 10.0. The normalized spacial score (nSPS) is 18.3. The Kier molecular flexibility index (Phi) is 7.56. The van der Waals surface area contributed by atoms with Crippen molar-refractivity contribution in [2.75, 3.05) is 6.61 Å². The Bertz CT molecular complexity index is 1720. The molecular weight excluding hydrogens is 536 g/mol. The predicted molar refractivity (Wildman–Crippen MR) is 145 cm³/mol. The second kappa shape index (κ2) is 11.2. The van der Waals surface area contributed by atoms with Crippen LogP contribution in [0.15, 0.2) is 81.6 Å². The van der Waals surface area contributed by atoms with Crippen molar-refractivity contribution in [1.29, 1.82) is 0 Å². The highest BCUT2D eigenvalue weighted by atomic mass is 32.1. The fourth-order valence-corrected chi connectivity index (χ4v) is 5.49. The summed E-state index contributed by atoms with van der Waals surface area (Å²) in [5.41, 5.74) is 1.68. The summed E-state index contributed by atoms with van der Waals surface area (Å²) in [5, 5.41) is 10.0. The number of hydrogen-bond donors (Lipinski definition) is 1. The van der Waals surface area contributed by atoms with Crippen LogP contribution in [0.1, 0.15) is 37.9 Å². The average Bonchev–Trinajstić information content (AvgIpc) is 3.49. The lowest BCUT2D eigenvalue weighted by atomic mass is 10.0. The molecule has 2 aliphatic heterocycles. The van der Waals surface area contributed by atoms with E-state index in [0.717, 1.165) is 16.9 Å². The lowest BCUT2D eigenvalue weighted by Gasteiger charge is -2.24. The summed E-state index contributed by atoms with van der Waals surface area (Å²) in [6, 6.07) is 13.1. The first-order valence-corrected chi connectivity index (χ1v) is 13.3. The van der Waals surface area contributed by atoms with E-state index in [0.29, 0.717) is 27.0 Å². The van der Waals surface area contributed by atoms with Crippen molar-refractivity contribution in [2.45, 2.75) is 39.5 Å². The Morgan fingerprint density at radius 2 is 1.98 bits per heavy atom. The molecule has 0 saturated heterocycles. The molecule has 40 heavy (non-hydrogen) atoms. The van der Waals surface area contributed by atoms with E-state index in [1.165, 1.54) is 29.9 Å². The number of nitrogens with zero attached hydrogens (tertiary/aromatic N) is 2. The van der Waals surface area contributed by atoms with Gasteiger partial charge in [0.05, 0.1) is 22.4 Å². The van der Waals surface area contributed by atoms with Crippen molar-refractivity contribution >= 4 is 29.4 Å². The predicted octanol–water partition coefficient (Wildman–Crippen LogP) is 2.84. The van der Waals surface area contributed by atoms with Gasteiger partial charge in [-0.25, -0.2) is 9.79 Å². The molecule has 2 aromatic carbocycles. The van der Waals surface area contributed by atoms with Gasteiger partial charge in [0.25, 0.3) is 5.56 Å². The van der Waals surface area contributed by atoms with E-state index in [-0.39, 0.29) is 29.4 Å². The minimum Gasteiger partial charge on any atom is -0.504 e. The first kappa shape index (κ1) is 26.9. The number of esters is 2. The van der Waals surface area contributed by atoms with Crippen LogP contribution in [-0.2, 0) is 30.2 Å². The number of thiazole rings is 1. The van der Waals surface area contributed by atoms with Crippen LogP contribution in [0.2, 0.25) is 0 Å². The van der Waals surface area contributed by atoms with Gasteiger partial charge in [-0.3, -0.25) is 14.2 Å². The number of benzene rings is 2. The summed E-state index contributed by atoms with van der Waals surface area (Å²) >= 11 is 1.13. The highest BCUT2D eigenvalue weighted by Gasteiger charge is 2.39. The maximum absolute atomic E-state index is 13.8. The van der Waals surface area contributed by atoms with E-state index in [1.54, 1.807) is 26.0 Å². The van der Waals surface area contributed by atoms with Crippen molar-refractivity contribution in [3.05, 3.63) is 103 Å². The third kappa shape index (κ3) is 5.41. The summed E-state index contributed by atoms with van der Waals surface area (Å²) < 4.78 is 24.0. The van der Waals surface area contributed by atoms with Crippen molar-refractivity contribution in [2.24, 2.45) is 4.99 Å². The van der Waals surface area contributed by atoms with Crippen molar-refractivity contribution in [1.82, 2.24) is 4.57 Å². The first-order chi connectivity index (χ1) is 19.2. The number of carbonyl (C=O) groups excluding carboxylic acids is 2. The van der Waals surface area contributed by atoms with Crippen LogP contribution in [0.4, 0.5) is 0 Å². The molecule has 2 atom stereocenters. The molecule has 3 aromatic rings. The molecular formula is C29H26N2O8S. The number of aromatic hydroxyl groups is 1. The Balaban J connectivity index is 1.56. The molecule has 5 rings (SSSR count). The van der Waals surface area contributed by atoms with Crippen LogP contribution in [-0.4, -0.2) is 34.5 Å². The molecule has 206 valence electrons. The molecule has 0 radical (unpaired) electrons. The summed E-state index contributed by atoms with van der Waals surface area (Å²) in [7, 11) is 0. The van der Waals surface area contributed by atoms with Gasteiger partial charge < -0.3 is 24.1 Å². The van der Waals surface area contributed by atoms with E-state index >= 15 is 0 Å². The number of ether oxygens (including phenoxy) is 4. The largest absolute Gasteiger partial charge is 0.504 e. The molecule has 0 spiro atoms. The van der Waals surface area contributed by atoms with Gasteiger partial charge in [-0.1, -0.05) is 47.7 Å². The van der Waals surface area contributed by atoms with Gasteiger partial charge in [0.1, 0.15) is 12.3 Å². The smallest absolute Gasteiger partial charge is 0.338 e. The van der Waals surface area contributed by atoms with E-state index in [1.807, 2.05) is 30.3 Å². The molecule has 0 bridgehead atoms. The molecule has 1 N–H and O–H groups in total. The Labute approximate surface area is 232 Å². The van der Waals surface area contributed by atoms with Gasteiger partial charge in [-0.2, -0.15) is 0 Å². The van der Waals surface area contributed by atoms with Gasteiger partial charge in [-0.05, 0) is 43.2 Å². The minimum absolute atomic E-state index is 0.0292. The monoisotopic (exact) mass is 562 g/mol. The maximum atomic E-state index is 13.8. The minimum atomic E-state index is -0.949. The fourth-order valence-electron chi connectivity index (χ4n) is 4.44. The zero-order valence-electron chi connectivity index (χ0n) is 22.0. The topological polar surface area (TPSA) is 126 Å². The lowest BCUT2D eigenvalue weighted by Crippen LogP contribution is -2.40. The first-order valence-electron chi connectivity index (χ1n) is 12.5. The van der Waals surface area contributed by atoms with Crippen LogP contribution in [0.5, 0.6) is 11.5 Å². The second-order valence-electron chi connectivity index (χ2n) is 9.02. The molecule has 0 aliphatic carbocycles. The summed E-state index contributed by atoms with van der Waals surface area (Å²) in [4.78, 5) is 43.1. The summed E-state index contributed by atoms with van der Waals surface area (Å²) in [5.74, 6) is -1.15. The Morgan fingerprint density at radius 3 is 2.70 bits per heavy atom. The fraction of sp³-hybridized carbons (Fsp3) is 0.241. The van der Waals surface area contributed by atoms with Crippen LogP contribution in [0.3, 0.4) is 0 Å². The SMILES string of the molecule is CCOC(=O)C1=C(C)N=c2sc(=Cc3ccc(O)c(OC(C)=O)c3)c(=O)n2C1C1=COC(Cc2ccccc2)O1. The molecule has 0 saturated carbocycles. The molecule has 1 aromatic heterocycles. The van der Waals surface area contributed by atoms with Crippen molar-refractivity contribution in [3.63, 3.8) is 0 Å². The van der Waals surface area contributed by atoms with E-state index in [9.17, 15) is 19.5 Å².